The Labute approximate surface area is 76.5 Å². The Morgan fingerprint density at radius 1 is 1.50 bits per heavy atom. The van der Waals surface area contributed by atoms with E-state index in [0.717, 1.165) is 0 Å². The fourth-order valence-electron chi connectivity index (χ4n) is 0.644. The van der Waals surface area contributed by atoms with Crippen molar-refractivity contribution in [2.45, 2.75) is 26.9 Å². The zero-order valence-corrected chi connectivity index (χ0v) is 10.5. The highest BCUT2D eigenvalue weighted by Crippen LogP contribution is 2.04. The molecule has 0 fully saturated rings. The number of hydrogen-bond acceptors (Lipinski definition) is 4. The van der Waals surface area contributed by atoms with Gasteiger partial charge >= 0.3 is 18.6 Å². The highest BCUT2D eigenvalue weighted by Gasteiger charge is 2.23. The van der Waals surface area contributed by atoms with Gasteiger partial charge in [-0.05, 0) is 20.0 Å². The number of hydrogen-bond donors (Lipinski definition) is 0. The van der Waals surface area contributed by atoms with E-state index in [1.807, 2.05) is 20.0 Å². The van der Waals surface area contributed by atoms with E-state index in [2.05, 4.69) is 0 Å². The van der Waals surface area contributed by atoms with Crippen LogP contribution in [0.3, 0.4) is 0 Å². The molecule has 6 heteroatoms. The third-order valence-electron chi connectivity index (χ3n) is 1.16. The maximum absolute atomic E-state index is 10.4. The van der Waals surface area contributed by atoms with Crippen molar-refractivity contribution < 1.29 is 17.8 Å². The zero-order chi connectivity index (χ0) is 9.61. The van der Waals surface area contributed by atoms with E-state index >= 15 is 0 Å². The molecule has 4 nitrogen and oxygen atoms in total. The van der Waals surface area contributed by atoms with Gasteiger partial charge < -0.3 is 13.0 Å². The Morgan fingerprint density at radius 3 is 2.50 bits per heavy atom. The summed E-state index contributed by atoms with van der Waals surface area (Å²) in [5, 5.41) is 0. The van der Waals surface area contributed by atoms with Crippen molar-refractivity contribution in [1.82, 2.24) is 0 Å². The average Bonchev–Trinajstić information content (AvgIpc) is 1.85. The molecule has 0 aromatic rings. The van der Waals surface area contributed by atoms with Crippen molar-refractivity contribution in [3.05, 3.63) is 0 Å². The van der Waals surface area contributed by atoms with Crippen LogP contribution in [0.15, 0.2) is 0 Å². The van der Waals surface area contributed by atoms with Gasteiger partial charge in [-0.25, -0.2) is 0 Å². The summed E-state index contributed by atoms with van der Waals surface area (Å²) in [5.74, 6) is -0.275. The Bertz CT molecular complexity index is 148. The summed E-state index contributed by atoms with van der Waals surface area (Å²) in [5.41, 5.74) is 0. The summed E-state index contributed by atoms with van der Waals surface area (Å²) in [6.07, 6.45) is 0. The second kappa shape index (κ2) is 5.47. The fraction of sp³-hybridized carbons (Fsp3) is 0.833. The summed E-state index contributed by atoms with van der Waals surface area (Å²) in [4.78, 5) is 10.4. The van der Waals surface area contributed by atoms with E-state index in [1.165, 1.54) is 6.92 Å². The van der Waals surface area contributed by atoms with E-state index in [9.17, 15) is 4.79 Å². The van der Waals surface area contributed by atoms with Gasteiger partial charge in [0.15, 0.2) is 0 Å². The molecule has 0 saturated carbocycles. The number of carbonyl (C=O) groups excluding carboxylic acids is 1. The van der Waals surface area contributed by atoms with Gasteiger partial charge in [0.1, 0.15) is 0 Å². The molecule has 0 heterocycles. The second-order valence-corrected chi connectivity index (χ2v) is 7.50. The molecule has 0 unspecified atom stereocenters. The first-order valence-corrected chi connectivity index (χ1v) is 7.86. The van der Waals surface area contributed by atoms with Crippen LogP contribution in [-0.2, 0) is 17.8 Å². The summed E-state index contributed by atoms with van der Waals surface area (Å²) >= 11 is 0. The summed E-state index contributed by atoms with van der Waals surface area (Å²) in [6, 6.07) is 0. The predicted molar refractivity (Wildman–Crippen MR) is 50.5 cm³/mol. The van der Waals surface area contributed by atoms with Crippen LogP contribution in [0.1, 0.15) is 13.8 Å². The topological polar surface area (TPSA) is 44.8 Å². The molecule has 72 valence electrons. The molecular formula is C6H16O4Si2. The smallest absolute Gasteiger partial charge is 0.360 e. The van der Waals surface area contributed by atoms with Crippen LogP contribution in [0.5, 0.6) is 0 Å². The van der Waals surface area contributed by atoms with E-state index < -0.39 is 18.6 Å². The van der Waals surface area contributed by atoms with Gasteiger partial charge in [-0.2, -0.15) is 0 Å². The van der Waals surface area contributed by atoms with Gasteiger partial charge in [0.2, 0.25) is 0 Å². The lowest BCUT2D eigenvalue weighted by Crippen LogP contribution is -2.37. The quantitative estimate of drug-likeness (QED) is 0.610. The lowest BCUT2D eigenvalue weighted by molar-refractivity contribution is -0.132. The molecule has 0 rings (SSSR count). The molecule has 0 aromatic heterocycles. The van der Waals surface area contributed by atoms with Gasteiger partial charge in [0, 0.05) is 13.5 Å². The molecule has 0 amide bonds. The summed E-state index contributed by atoms with van der Waals surface area (Å²) in [6.45, 7) is 7.82. The van der Waals surface area contributed by atoms with Crippen LogP contribution in [0, 0.1) is 0 Å². The maximum Gasteiger partial charge on any atom is 0.360 e. The van der Waals surface area contributed by atoms with Gasteiger partial charge in [-0.1, -0.05) is 0 Å². The first kappa shape index (κ1) is 11.8. The Balaban J connectivity index is 3.53. The molecule has 0 aliphatic heterocycles. The molecule has 0 aliphatic rings. The van der Waals surface area contributed by atoms with Crippen LogP contribution in [-0.4, -0.2) is 31.1 Å². The molecule has 0 N–H and O–H groups in total. The van der Waals surface area contributed by atoms with Crippen molar-refractivity contribution in [1.29, 1.82) is 0 Å². The third-order valence-corrected chi connectivity index (χ3v) is 5.92. The zero-order valence-electron chi connectivity index (χ0n) is 8.05. The van der Waals surface area contributed by atoms with Crippen LogP contribution in [0.4, 0.5) is 0 Å². The van der Waals surface area contributed by atoms with E-state index in [1.54, 1.807) is 0 Å². The summed E-state index contributed by atoms with van der Waals surface area (Å²) in [7, 11) is -3.16. The molecule has 0 atom stereocenters. The van der Waals surface area contributed by atoms with Gasteiger partial charge in [-0.15, -0.1) is 0 Å². The Kier molecular flexibility index (Phi) is 5.39. The van der Waals surface area contributed by atoms with Gasteiger partial charge in [-0.3, -0.25) is 4.79 Å². The minimum atomic E-state index is -1.99. The largest absolute Gasteiger partial charge is 0.500 e. The minimum Gasteiger partial charge on any atom is -0.500 e. The van der Waals surface area contributed by atoms with Crippen LogP contribution < -0.4 is 0 Å². The SMILES string of the molecule is CCO[Si](C)(C)O[SiH2]OC(C)=O. The maximum atomic E-state index is 10.4. The van der Waals surface area contributed by atoms with Crippen molar-refractivity contribution in [2.75, 3.05) is 6.61 Å². The van der Waals surface area contributed by atoms with Crippen molar-refractivity contribution in [3.63, 3.8) is 0 Å². The Hall–Kier alpha value is -0.176. The monoisotopic (exact) mass is 208 g/mol. The molecule has 0 bridgehead atoms. The lowest BCUT2D eigenvalue weighted by Gasteiger charge is -2.21. The van der Waals surface area contributed by atoms with Gasteiger partial charge in [0.05, 0.1) is 0 Å². The molecular weight excluding hydrogens is 192 g/mol. The minimum absolute atomic E-state index is 0.275. The van der Waals surface area contributed by atoms with E-state index in [4.69, 9.17) is 13.0 Å². The van der Waals surface area contributed by atoms with E-state index in [0.29, 0.717) is 6.61 Å². The fourth-order valence-corrected chi connectivity index (χ4v) is 3.21. The molecule has 0 aromatic carbocycles. The normalized spacial score (nSPS) is 12.3. The van der Waals surface area contributed by atoms with Crippen LogP contribution >= 0.6 is 0 Å². The number of carbonyl (C=O) groups is 1. The van der Waals surface area contributed by atoms with Crippen molar-refractivity contribution in [3.8, 4) is 0 Å². The lowest BCUT2D eigenvalue weighted by atomic mass is 10.9. The van der Waals surface area contributed by atoms with Crippen LogP contribution in [0.2, 0.25) is 13.1 Å². The summed E-state index contributed by atoms with van der Waals surface area (Å²) < 4.78 is 15.5. The molecule has 0 aliphatic carbocycles. The molecule has 0 saturated heterocycles. The average molecular weight is 208 g/mol. The van der Waals surface area contributed by atoms with Crippen LogP contribution in [0.25, 0.3) is 0 Å². The standard InChI is InChI=1S/C6H16O4Si2/c1-5-8-12(3,4)10-11-9-6(2)7/h5,11H2,1-4H3. The predicted octanol–water partition coefficient (Wildman–Crippen LogP) is 0.303. The molecule has 0 spiro atoms. The first-order valence-electron chi connectivity index (χ1n) is 3.89. The molecule has 0 radical (unpaired) electrons. The second-order valence-electron chi connectivity index (χ2n) is 2.73. The highest BCUT2D eigenvalue weighted by atomic mass is 28.4. The first-order chi connectivity index (χ1) is 5.48. The van der Waals surface area contributed by atoms with Crippen molar-refractivity contribution in [2.24, 2.45) is 0 Å². The third kappa shape index (κ3) is 6.53. The Morgan fingerprint density at radius 2 is 2.08 bits per heavy atom. The van der Waals surface area contributed by atoms with Gasteiger partial charge in [0.25, 0.3) is 5.97 Å². The highest BCUT2D eigenvalue weighted by molar-refractivity contribution is 6.68. The van der Waals surface area contributed by atoms with E-state index in [-0.39, 0.29) is 5.97 Å². The van der Waals surface area contributed by atoms with Crippen molar-refractivity contribution >= 4 is 24.5 Å². The molecule has 12 heavy (non-hydrogen) atoms. The number of rotatable bonds is 5.